The Morgan fingerprint density at radius 3 is 2.04 bits per heavy atom. The van der Waals surface area contributed by atoms with Gasteiger partial charge in [-0.1, -0.05) is 44.5 Å². The first-order valence-electron chi connectivity index (χ1n) is 7.28. The first-order chi connectivity index (χ1) is 10.8. The normalized spacial score (nSPS) is 11.4. The average Bonchev–Trinajstić information content (AvgIpc) is 2.50. The van der Waals surface area contributed by atoms with Crippen molar-refractivity contribution in [3.63, 3.8) is 0 Å². The molecule has 0 unspecified atom stereocenters. The highest BCUT2D eigenvalue weighted by molar-refractivity contribution is 6.32. The smallest absolute Gasteiger partial charge is 0.176 e. The molecule has 0 saturated carbocycles. The fraction of sp³-hybridized carbons (Fsp3) is 0.333. The molecule has 0 radical (unpaired) electrons. The molecule has 0 fully saturated rings. The van der Waals surface area contributed by atoms with E-state index in [2.05, 4.69) is 20.8 Å². The molecular weight excluding hydrogens is 322 g/mol. The Morgan fingerprint density at radius 1 is 0.870 bits per heavy atom. The highest BCUT2D eigenvalue weighted by Crippen LogP contribution is 2.30. The van der Waals surface area contributed by atoms with Crippen molar-refractivity contribution in [1.82, 2.24) is 0 Å². The molecule has 2 aromatic carbocycles. The van der Waals surface area contributed by atoms with E-state index < -0.39 is 11.6 Å². The van der Waals surface area contributed by atoms with E-state index in [0.717, 1.165) is 12.1 Å². The Kier molecular flexibility index (Phi) is 5.47. The Hall–Kier alpha value is -1.81. The molecule has 0 spiro atoms. The summed E-state index contributed by atoms with van der Waals surface area (Å²) >= 11 is 5.67. The van der Waals surface area contributed by atoms with E-state index in [1.54, 1.807) is 0 Å². The lowest BCUT2D eigenvalue weighted by Gasteiger charge is -2.19. The van der Waals surface area contributed by atoms with Gasteiger partial charge in [-0.2, -0.15) is 0 Å². The van der Waals surface area contributed by atoms with Crippen LogP contribution in [0.3, 0.4) is 0 Å². The maximum absolute atomic E-state index is 13.5. The van der Waals surface area contributed by atoms with Crippen molar-refractivity contribution in [3.8, 4) is 11.5 Å². The zero-order valence-corrected chi connectivity index (χ0v) is 14.1. The molecule has 5 heteroatoms. The minimum Gasteiger partial charge on any atom is -0.490 e. The molecule has 0 aliphatic heterocycles. The van der Waals surface area contributed by atoms with Crippen LogP contribution in [0, 0.1) is 11.6 Å². The van der Waals surface area contributed by atoms with Crippen molar-refractivity contribution in [2.45, 2.75) is 26.2 Å². The Bertz CT molecular complexity index is 664. The lowest BCUT2D eigenvalue weighted by atomic mass is 9.87. The van der Waals surface area contributed by atoms with Gasteiger partial charge in [-0.3, -0.25) is 0 Å². The van der Waals surface area contributed by atoms with Crippen molar-refractivity contribution in [2.24, 2.45) is 0 Å². The lowest BCUT2D eigenvalue weighted by molar-refractivity contribution is 0.211. The van der Waals surface area contributed by atoms with Gasteiger partial charge in [0.2, 0.25) is 0 Å². The zero-order valence-electron chi connectivity index (χ0n) is 13.3. The molecule has 2 aromatic rings. The predicted octanol–water partition coefficient (Wildman–Crippen LogP) is 5.37. The van der Waals surface area contributed by atoms with Crippen LogP contribution in [0.15, 0.2) is 36.4 Å². The number of benzene rings is 2. The minimum absolute atomic E-state index is 0.0567. The maximum atomic E-state index is 13.5. The fourth-order valence-corrected chi connectivity index (χ4v) is 2.20. The molecule has 0 aliphatic rings. The number of hydrogen-bond donors (Lipinski definition) is 0. The van der Waals surface area contributed by atoms with Gasteiger partial charge in [0.1, 0.15) is 29.8 Å². The number of ether oxygens (including phenoxy) is 2. The van der Waals surface area contributed by atoms with E-state index in [1.807, 2.05) is 24.3 Å². The molecule has 0 atom stereocenters. The third-order valence-electron chi connectivity index (χ3n) is 3.32. The molecule has 0 bridgehead atoms. The van der Waals surface area contributed by atoms with Crippen LogP contribution in [0.2, 0.25) is 5.02 Å². The number of hydrogen-bond acceptors (Lipinski definition) is 2. The van der Waals surface area contributed by atoms with Crippen molar-refractivity contribution >= 4 is 11.6 Å². The summed E-state index contributed by atoms with van der Waals surface area (Å²) < 4.78 is 37.5. The molecule has 0 aliphatic carbocycles. The van der Waals surface area contributed by atoms with Gasteiger partial charge in [0.05, 0.1) is 0 Å². The third kappa shape index (κ3) is 4.58. The molecule has 124 valence electrons. The van der Waals surface area contributed by atoms with Crippen molar-refractivity contribution < 1.29 is 18.3 Å². The van der Waals surface area contributed by atoms with E-state index in [9.17, 15) is 8.78 Å². The van der Waals surface area contributed by atoms with Gasteiger partial charge in [-0.05, 0) is 35.2 Å². The molecule has 2 nitrogen and oxygen atoms in total. The van der Waals surface area contributed by atoms with Crippen molar-refractivity contribution in [2.75, 3.05) is 13.2 Å². The van der Waals surface area contributed by atoms with Crippen LogP contribution >= 0.6 is 11.6 Å². The molecule has 2 rings (SSSR count). The third-order valence-corrected chi connectivity index (χ3v) is 3.67. The van der Waals surface area contributed by atoms with E-state index in [4.69, 9.17) is 21.1 Å². The maximum Gasteiger partial charge on any atom is 0.176 e. The number of rotatable bonds is 5. The second kappa shape index (κ2) is 7.18. The summed E-state index contributed by atoms with van der Waals surface area (Å²) in [6.07, 6.45) is 0. The van der Waals surface area contributed by atoms with Gasteiger partial charge in [0.25, 0.3) is 0 Å². The van der Waals surface area contributed by atoms with Crippen LogP contribution in [-0.2, 0) is 5.41 Å². The lowest BCUT2D eigenvalue weighted by Crippen LogP contribution is -2.12. The van der Waals surface area contributed by atoms with E-state index >= 15 is 0 Å². The summed E-state index contributed by atoms with van der Waals surface area (Å²) in [6.45, 7) is 6.65. The van der Waals surface area contributed by atoms with Crippen LogP contribution in [0.4, 0.5) is 8.78 Å². The highest BCUT2D eigenvalue weighted by atomic mass is 35.5. The van der Waals surface area contributed by atoms with E-state index in [-0.39, 0.29) is 29.4 Å². The summed E-state index contributed by atoms with van der Waals surface area (Å²) in [5.41, 5.74) is 1.28. The SMILES string of the molecule is CC(C)(C)c1ccc(OCCOc2c(F)ccc(F)c2Cl)cc1. The van der Waals surface area contributed by atoms with Gasteiger partial charge in [-0.25, -0.2) is 8.78 Å². The van der Waals surface area contributed by atoms with Gasteiger partial charge in [-0.15, -0.1) is 0 Å². The zero-order chi connectivity index (χ0) is 17.0. The summed E-state index contributed by atoms with van der Waals surface area (Å²) in [6, 6.07) is 9.67. The standard InChI is InChI=1S/C18H19ClF2O2/c1-18(2,3)12-4-6-13(7-5-12)22-10-11-23-17-15(21)9-8-14(20)16(17)19/h4-9H,10-11H2,1-3H3. The predicted molar refractivity (Wildman–Crippen MR) is 87.5 cm³/mol. The first kappa shape index (κ1) is 17.5. The molecule has 0 aromatic heterocycles. The molecule has 0 N–H and O–H groups in total. The summed E-state index contributed by atoms with van der Waals surface area (Å²) in [7, 11) is 0. The Balaban J connectivity index is 1.88. The highest BCUT2D eigenvalue weighted by Gasteiger charge is 2.14. The average molecular weight is 341 g/mol. The largest absolute Gasteiger partial charge is 0.490 e. The van der Waals surface area contributed by atoms with E-state index in [0.29, 0.717) is 5.75 Å². The van der Waals surface area contributed by atoms with Crippen LogP contribution < -0.4 is 9.47 Å². The van der Waals surface area contributed by atoms with Crippen LogP contribution in [0.25, 0.3) is 0 Å². The van der Waals surface area contributed by atoms with Crippen molar-refractivity contribution in [1.29, 1.82) is 0 Å². The summed E-state index contributed by atoms with van der Waals surface area (Å²) in [4.78, 5) is 0. The topological polar surface area (TPSA) is 18.5 Å². The quantitative estimate of drug-likeness (QED) is 0.538. The minimum atomic E-state index is -0.721. The molecule has 0 heterocycles. The van der Waals surface area contributed by atoms with Gasteiger partial charge in [0, 0.05) is 0 Å². The molecule has 0 amide bonds. The Morgan fingerprint density at radius 2 is 1.43 bits per heavy atom. The first-order valence-corrected chi connectivity index (χ1v) is 7.66. The van der Waals surface area contributed by atoms with E-state index in [1.165, 1.54) is 5.56 Å². The second-order valence-corrected chi connectivity index (χ2v) is 6.52. The monoisotopic (exact) mass is 340 g/mol. The number of halogens is 3. The van der Waals surface area contributed by atoms with Gasteiger partial charge >= 0.3 is 0 Å². The van der Waals surface area contributed by atoms with Crippen LogP contribution in [0.5, 0.6) is 11.5 Å². The summed E-state index contributed by atoms with van der Waals surface area (Å²) in [5.74, 6) is -1.03. The Labute approximate surface area is 140 Å². The van der Waals surface area contributed by atoms with Gasteiger partial charge < -0.3 is 9.47 Å². The second-order valence-electron chi connectivity index (χ2n) is 6.14. The fourth-order valence-electron chi connectivity index (χ4n) is 2.00. The van der Waals surface area contributed by atoms with Gasteiger partial charge in [0.15, 0.2) is 11.6 Å². The van der Waals surface area contributed by atoms with Crippen molar-refractivity contribution in [3.05, 3.63) is 58.6 Å². The molecule has 0 saturated heterocycles. The summed E-state index contributed by atoms with van der Waals surface area (Å²) in [5, 5.41) is -0.362. The molecule has 23 heavy (non-hydrogen) atoms. The van der Waals surface area contributed by atoms with Crippen LogP contribution in [0.1, 0.15) is 26.3 Å². The molecular formula is C18H19ClF2O2. The van der Waals surface area contributed by atoms with Crippen LogP contribution in [-0.4, -0.2) is 13.2 Å².